The molecule has 0 saturated carbocycles. The molecular weight excluding hydrogens is 220 g/mol. The number of aryl methyl sites for hydroxylation is 1. The Kier molecular flexibility index (Phi) is 2.49. The monoisotopic (exact) mass is 234 g/mol. The van der Waals surface area contributed by atoms with Crippen LogP contribution in [0.2, 0.25) is 0 Å². The highest BCUT2D eigenvalue weighted by Crippen LogP contribution is 2.28. The molecule has 0 spiro atoms. The molecule has 0 amide bonds. The molecule has 1 aromatic carbocycles. The number of aromatic nitrogens is 2. The summed E-state index contributed by atoms with van der Waals surface area (Å²) in [6.07, 6.45) is 3.70. The van der Waals surface area contributed by atoms with E-state index >= 15 is 0 Å². The van der Waals surface area contributed by atoms with E-state index in [1.807, 2.05) is 36.5 Å². The zero-order valence-corrected chi connectivity index (χ0v) is 10.3. The molecular formula is C16H14N2. The Hall–Kier alpha value is -2.35. The fourth-order valence-electron chi connectivity index (χ4n) is 2.40. The first-order valence-electron chi connectivity index (χ1n) is 5.97. The van der Waals surface area contributed by atoms with E-state index in [2.05, 4.69) is 41.3 Å². The van der Waals surface area contributed by atoms with Crippen molar-refractivity contribution in [3.63, 3.8) is 0 Å². The third-order valence-electron chi connectivity index (χ3n) is 3.25. The van der Waals surface area contributed by atoms with Crippen molar-refractivity contribution in [1.29, 1.82) is 0 Å². The molecule has 88 valence electrons. The van der Waals surface area contributed by atoms with E-state index in [1.54, 1.807) is 0 Å². The number of fused-ring (bicyclic) bond motifs is 1. The fourth-order valence-corrected chi connectivity index (χ4v) is 2.40. The number of nitrogens with zero attached hydrogens (tertiary/aromatic N) is 2. The van der Waals surface area contributed by atoms with Crippen LogP contribution in [-0.4, -0.2) is 9.55 Å². The number of hydrogen-bond donors (Lipinski definition) is 0. The van der Waals surface area contributed by atoms with E-state index in [0.717, 1.165) is 11.5 Å². The third kappa shape index (κ3) is 1.46. The molecule has 18 heavy (non-hydrogen) atoms. The van der Waals surface area contributed by atoms with Crippen LogP contribution in [0.5, 0.6) is 0 Å². The molecule has 0 radical (unpaired) electrons. The van der Waals surface area contributed by atoms with Crippen LogP contribution in [0.3, 0.4) is 0 Å². The second-order valence-electron chi connectivity index (χ2n) is 4.25. The molecule has 0 aliphatic rings. The van der Waals surface area contributed by atoms with Crippen molar-refractivity contribution >= 4 is 17.0 Å². The number of para-hydroxylation sites is 1. The minimum absolute atomic E-state index is 0.928. The van der Waals surface area contributed by atoms with E-state index in [1.165, 1.54) is 16.5 Å². The van der Waals surface area contributed by atoms with Crippen LogP contribution in [0.25, 0.3) is 22.8 Å². The van der Waals surface area contributed by atoms with Gasteiger partial charge in [0.05, 0.1) is 11.2 Å². The van der Waals surface area contributed by atoms with Gasteiger partial charge in [0.15, 0.2) is 0 Å². The molecule has 2 nitrogen and oxygen atoms in total. The highest BCUT2D eigenvalue weighted by Gasteiger charge is 2.12. The molecule has 3 aromatic rings. The highest BCUT2D eigenvalue weighted by atomic mass is 15.1. The zero-order chi connectivity index (χ0) is 12.5. The topological polar surface area (TPSA) is 17.8 Å². The van der Waals surface area contributed by atoms with Gasteiger partial charge in [-0.2, -0.15) is 0 Å². The predicted molar refractivity (Wildman–Crippen MR) is 75.9 cm³/mol. The van der Waals surface area contributed by atoms with E-state index in [-0.39, 0.29) is 0 Å². The fraction of sp³-hybridized carbons (Fsp3) is 0.0625. The maximum Gasteiger partial charge on any atom is 0.137 e. The largest absolute Gasteiger partial charge is 0.294 e. The van der Waals surface area contributed by atoms with Crippen LogP contribution in [0, 0.1) is 6.92 Å². The second-order valence-corrected chi connectivity index (χ2v) is 4.25. The molecule has 0 bridgehead atoms. The number of hydrogen-bond acceptors (Lipinski definition) is 1. The summed E-state index contributed by atoms with van der Waals surface area (Å²) in [6, 6.07) is 14.3. The van der Waals surface area contributed by atoms with E-state index < -0.39 is 0 Å². The van der Waals surface area contributed by atoms with Crippen LogP contribution >= 0.6 is 0 Å². The predicted octanol–water partition coefficient (Wildman–Crippen LogP) is 3.98. The first kappa shape index (κ1) is 10.8. The summed E-state index contributed by atoms with van der Waals surface area (Å²) in [4.78, 5) is 4.44. The Morgan fingerprint density at radius 2 is 1.89 bits per heavy atom. The van der Waals surface area contributed by atoms with Gasteiger partial charge in [0.25, 0.3) is 0 Å². The summed E-state index contributed by atoms with van der Waals surface area (Å²) >= 11 is 0. The number of pyridine rings is 1. The second kappa shape index (κ2) is 4.15. The lowest BCUT2D eigenvalue weighted by Crippen LogP contribution is -1.98. The molecule has 0 aliphatic heterocycles. The summed E-state index contributed by atoms with van der Waals surface area (Å²) < 4.78 is 2.15. The van der Waals surface area contributed by atoms with E-state index in [4.69, 9.17) is 0 Å². The normalized spacial score (nSPS) is 10.7. The maximum atomic E-state index is 4.44. The lowest BCUT2D eigenvalue weighted by Gasteiger charge is -2.07. The summed E-state index contributed by atoms with van der Waals surface area (Å²) in [7, 11) is 0. The molecule has 2 aromatic heterocycles. The standard InChI is InChI=1S/C16H14N2/c1-3-14-12(2)13-8-4-5-9-15(13)18(14)16-10-6-7-11-17-16/h3-11H,1H2,2H3. The van der Waals surface area contributed by atoms with Gasteiger partial charge in [-0.25, -0.2) is 4.98 Å². The van der Waals surface area contributed by atoms with Crippen molar-refractivity contribution in [1.82, 2.24) is 9.55 Å². The molecule has 2 heterocycles. The van der Waals surface area contributed by atoms with Gasteiger partial charge >= 0.3 is 0 Å². The minimum atomic E-state index is 0.928. The van der Waals surface area contributed by atoms with Crippen molar-refractivity contribution in [2.45, 2.75) is 6.92 Å². The maximum absolute atomic E-state index is 4.44. The first-order chi connectivity index (χ1) is 8.83. The van der Waals surface area contributed by atoms with Crippen LogP contribution in [0.15, 0.2) is 55.2 Å². The molecule has 3 rings (SSSR count). The van der Waals surface area contributed by atoms with Crippen molar-refractivity contribution in [2.24, 2.45) is 0 Å². The molecule has 0 fully saturated rings. The van der Waals surface area contributed by atoms with Crippen LogP contribution < -0.4 is 0 Å². The van der Waals surface area contributed by atoms with Gasteiger partial charge in [0, 0.05) is 11.6 Å². The Morgan fingerprint density at radius 1 is 1.11 bits per heavy atom. The van der Waals surface area contributed by atoms with Crippen LogP contribution in [0.1, 0.15) is 11.3 Å². The van der Waals surface area contributed by atoms with Crippen molar-refractivity contribution < 1.29 is 0 Å². The third-order valence-corrected chi connectivity index (χ3v) is 3.25. The van der Waals surface area contributed by atoms with E-state index in [9.17, 15) is 0 Å². The van der Waals surface area contributed by atoms with Gasteiger partial charge in [-0.15, -0.1) is 0 Å². The smallest absolute Gasteiger partial charge is 0.137 e. The lowest BCUT2D eigenvalue weighted by atomic mass is 10.1. The van der Waals surface area contributed by atoms with Gasteiger partial charge in [-0.3, -0.25) is 4.57 Å². The zero-order valence-electron chi connectivity index (χ0n) is 10.3. The molecule has 0 aliphatic carbocycles. The molecule has 0 saturated heterocycles. The number of rotatable bonds is 2. The quantitative estimate of drug-likeness (QED) is 0.656. The summed E-state index contributed by atoms with van der Waals surface area (Å²) in [5, 5.41) is 1.25. The molecule has 0 N–H and O–H groups in total. The first-order valence-corrected chi connectivity index (χ1v) is 5.97. The molecule has 0 unspecified atom stereocenters. The minimum Gasteiger partial charge on any atom is -0.294 e. The highest BCUT2D eigenvalue weighted by molar-refractivity contribution is 5.89. The SMILES string of the molecule is C=Cc1c(C)c2ccccc2n1-c1ccccn1. The van der Waals surface area contributed by atoms with Crippen LogP contribution in [-0.2, 0) is 0 Å². The van der Waals surface area contributed by atoms with Crippen molar-refractivity contribution in [3.8, 4) is 5.82 Å². The Balaban J connectivity index is 2.44. The van der Waals surface area contributed by atoms with Gasteiger partial charge in [-0.05, 0) is 36.8 Å². The summed E-state index contributed by atoms with van der Waals surface area (Å²) in [5.41, 5.74) is 3.52. The van der Waals surface area contributed by atoms with Gasteiger partial charge in [-0.1, -0.05) is 30.8 Å². The van der Waals surface area contributed by atoms with Crippen molar-refractivity contribution in [3.05, 3.63) is 66.5 Å². The Labute approximate surface area is 106 Å². The Morgan fingerprint density at radius 3 is 2.61 bits per heavy atom. The average molecular weight is 234 g/mol. The van der Waals surface area contributed by atoms with Gasteiger partial charge in [0.1, 0.15) is 5.82 Å². The van der Waals surface area contributed by atoms with Gasteiger partial charge in [0.2, 0.25) is 0 Å². The molecule has 0 atom stereocenters. The van der Waals surface area contributed by atoms with Crippen molar-refractivity contribution in [2.75, 3.05) is 0 Å². The molecule has 2 heteroatoms. The van der Waals surface area contributed by atoms with E-state index in [0.29, 0.717) is 0 Å². The summed E-state index contributed by atoms with van der Waals surface area (Å²) in [6.45, 7) is 6.05. The summed E-state index contributed by atoms with van der Waals surface area (Å²) in [5.74, 6) is 0.928. The van der Waals surface area contributed by atoms with Crippen LogP contribution in [0.4, 0.5) is 0 Å². The Bertz CT molecular complexity index is 709. The lowest BCUT2D eigenvalue weighted by molar-refractivity contribution is 1.02. The average Bonchev–Trinajstić information content (AvgIpc) is 2.73. The van der Waals surface area contributed by atoms with Gasteiger partial charge < -0.3 is 0 Å². The number of benzene rings is 1.